The molecule has 0 N–H and O–H groups in total. The third-order valence-corrected chi connectivity index (χ3v) is 3.26. The van der Waals surface area contributed by atoms with Gasteiger partial charge in [-0.3, -0.25) is 0 Å². The van der Waals surface area contributed by atoms with Gasteiger partial charge >= 0.3 is 0 Å². The van der Waals surface area contributed by atoms with Gasteiger partial charge in [-0.2, -0.15) is 0 Å². The second-order valence-corrected chi connectivity index (χ2v) is 5.43. The lowest BCUT2D eigenvalue weighted by Crippen LogP contribution is -2.37. The second-order valence-electron chi connectivity index (χ2n) is 5.43. The van der Waals surface area contributed by atoms with E-state index >= 15 is 0 Å². The molecule has 0 radical (unpaired) electrons. The lowest BCUT2D eigenvalue weighted by molar-refractivity contribution is 0.137. The fraction of sp³-hybridized carbons (Fsp3) is 1.00. The summed E-state index contributed by atoms with van der Waals surface area (Å²) in [6.07, 6.45) is 4.24. The normalized spacial score (nSPS) is 31.5. The van der Waals surface area contributed by atoms with Crippen molar-refractivity contribution in [1.29, 1.82) is 0 Å². The van der Waals surface area contributed by atoms with Crippen molar-refractivity contribution in [3.05, 3.63) is 0 Å². The molecule has 1 aliphatic carbocycles. The molecule has 0 aliphatic heterocycles. The fourth-order valence-electron chi connectivity index (χ4n) is 2.57. The van der Waals surface area contributed by atoms with Crippen LogP contribution in [0, 0.1) is 11.3 Å². The van der Waals surface area contributed by atoms with Crippen LogP contribution in [0.25, 0.3) is 0 Å². The highest BCUT2D eigenvalue weighted by molar-refractivity contribution is 4.89. The first-order valence-electron chi connectivity index (χ1n) is 5.09. The largest absolute Gasteiger partial charge is 0.306 e. The van der Waals surface area contributed by atoms with E-state index in [0.717, 1.165) is 12.0 Å². The summed E-state index contributed by atoms with van der Waals surface area (Å²) in [5.74, 6) is 0.896. The Kier molecular flexibility index (Phi) is 2.82. The zero-order chi connectivity index (χ0) is 9.35. The van der Waals surface area contributed by atoms with Crippen LogP contribution in [0.5, 0.6) is 0 Å². The maximum absolute atomic E-state index is 2.41. The first-order chi connectivity index (χ1) is 5.43. The average molecular weight is 169 g/mol. The fourth-order valence-corrected chi connectivity index (χ4v) is 2.57. The van der Waals surface area contributed by atoms with E-state index in [1.54, 1.807) is 0 Å². The van der Waals surface area contributed by atoms with Crippen LogP contribution in [0.3, 0.4) is 0 Å². The van der Waals surface area contributed by atoms with Crippen molar-refractivity contribution in [2.45, 2.75) is 46.1 Å². The van der Waals surface area contributed by atoms with E-state index < -0.39 is 0 Å². The van der Waals surface area contributed by atoms with Gasteiger partial charge < -0.3 is 4.90 Å². The van der Waals surface area contributed by atoms with Crippen LogP contribution in [0.4, 0.5) is 0 Å². The zero-order valence-electron chi connectivity index (χ0n) is 9.22. The predicted octanol–water partition coefficient (Wildman–Crippen LogP) is 2.76. The van der Waals surface area contributed by atoms with E-state index in [2.05, 4.69) is 39.8 Å². The van der Waals surface area contributed by atoms with Gasteiger partial charge in [-0.15, -0.1) is 0 Å². The summed E-state index contributed by atoms with van der Waals surface area (Å²) in [4.78, 5) is 2.41. The minimum atomic E-state index is 0.492. The Labute approximate surface area is 77.1 Å². The van der Waals surface area contributed by atoms with Gasteiger partial charge in [0, 0.05) is 6.04 Å². The Morgan fingerprint density at radius 3 is 2.00 bits per heavy atom. The molecule has 0 amide bonds. The van der Waals surface area contributed by atoms with Crippen LogP contribution in [-0.4, -0.2) is 25.0 Å². The van der Waals surface area contributed by atoms with Crippen LogP contribution in [0.1, 0.15) is 40.0 Å². The van der Waals surface area contributed by atoms with E-state index in [9.17, 15) is 0 Å². The highest BCUT2D eigenvalue weighted by Gasteiger charge is 2.36. The first-order valence-corrected chi connectivity index (χ1v) is 5.09. The summed E-state index contributed by atoms with van der Waals surface area (Å²) in [6, 6.07) is 0.824. The Hall–Kier alpha value is -0.0400. The van der Waals surface area contributed by atoms with Crippen molar-refractivity contribution in [1.82, 2.24) is 4.90 Å². The summed E-state index contributed by atoms with van der Waals surface area (Å²) in [6.45, 7) is 7.12. The summed E-state index contributed by atoms with van der Waals surface area (Å²) in [5, 5.41) is 0. The van der Waals surface area contributed by atoms with Gasteiger partial charge in [-0.1, -0.05) is 27.2 Å². The molecule has 1 saturated carbocycles. The van der Waals surface area contributed by atoms with Gasteiger partial charge in [0.15, 0.2) is 0 Å². The topological polar surface area (TPSA) is 3.24 Å². The standard InChI is InChI=1S/C11H23N/c1-11(2,3)9-7-6-8-10(9)12(4)5/h9-10H,6-8H2,1-5H3/t9-,10+/m0/s1. The van der Waals surface area contributed by atoms with Gasteiger partial charge in [0.2, 0.25) is 0 Å². The molecule has 2 atom stereocenters. The molecule has 0 aromatic carbocycles. The van der Waals surface area contributed by atoms with E-state index in [4.69, 9.17) is 0 Å². The maximum Gasteiger partial charge on any atom is 0.0122 e. The molecule has 0 bridgehead atoms. The lowest BCUT2D eigenvalue weighted by atomic mass is 9.77. The van der Waals surface area contributed by atoms with Crippen LogP contribution in [-0.2, 0) is 0 Å². The number of hydrogen-bond donors (Lipinski definition) is 0. The molecule has 1 aliphatic rings. The van der Waals surface area contributed by atoms with Crippen LogP contribution < -0.4 is 0 Å². The van der Waals surface area contributed by atoms with Crippen LogP contribution >= 0.6 is 0 Å². The summed E-state index contributed by atoms with van der Waals surface area (Å²) < 4.78 is 0. The van der Waals surface area contributed by atoms with E-state index in [0.29, 0.717) is 5.41 Å². The third kappa shape index (κ3) is 2.01. The van der Waals surface area contributed by atoms with Crippen molar-refractivity contribution in [3.8, 4) is 0 Å². The third-order valence-electron chi connectivity index (χ3n) is 3.26. The highest BCUT2D eigenvalue weighted by atomic mass is 15.1. The molecule has 0 spiro atoms. The van der Waals surface area contributed by atoms with Crippen LogP contribution in [0.2, 0.25) is 0 Å². The van der Waals surface area contributed by atoms with Crippen LogP contribution in [0.15, 0.2) is 0 Å². The molecule has 0 saturated heterocycles. The number of hydrogen-bond acceptors (Lipinski definition) is 1. The molecule has 0 unspecified atom stereocenters. The van der Waals surface area contributed by atoms with E-state index in [1.807, 2.05) is 0 Å². The molecule has 0 heterocycles. The Bertz CT molecular complexity index is 144. The average Bonchev–Trinajstić information content (AvgIpc) is 2.30. The smallest absolute Gasteiger partial charge is 0.0122 e. The van der Waals surface area contributed by atoms with Crippen molar-refractivity contribution >= 4 is 0 Å². The minimum Gasteiger partial charge on any atom is -0.306 e. The van der Waals surface area contributed by atoms with Gasteiger partial charge in [0.1, 0.15) is 0 Å². The zero-order valence-corrected chi connectivity index (χ0v) is 9.22. The number of rotatable bonds is 1. The monoisotopic (exact) mass is 169 g/mol. The van der Waals surface area contributed by atoms with Crippen molar-refractivity contribution < 1.29 is 0 Å². The molecule has 1 heteroatoms. The van der Waals surface area contributed by atoms with Gasteiger partial charge in [0.05, 0.1) is 0 Å². The first kappa shape index (κ1) is 10.0. The van der Waals surface area contributed by atoms with Gasteiger partial charge in [-0.05, 0) is 38.3 Å². The maximum atomic E-state index is 2.41. The van der Waals surface area contributed by atoms with Gasteiger partial charge in [0.25, 0.3) is 0 Å². The van der Waals surface area contributed by atoms with Crippen molar-refractivity contribution in [2.24, 2.45) is 11.3 Å². The Morgan fingerprint density at radius 1 is 1.08 bits per heavy atom. The van der Waals surface area contributed by atoms with Crippen molar-refractivity contribution in [2.75, 3.05) is 14.1 Å². The molecule has 1 fully saturated rings. The molecule has 0 aromatic rings. The summed E-state index contributed by atoms with van der Waals surface area (Å²) in [5.41, 5.74) is 0.492. The summed E-state index contributed by atoms with van der Waals surface area (Å²) in [7, 11) is 4.43. The quantitative estimate of drug-likeness (QED) is 0.583. The molecular weight excluding hydrogens is 146 g/mol. The Morgan fingerprint density at radius 2 is 1.67 bits per heavy atom. The minimum absolute atomic E-state index is 0.492. The lowest BCUT2D eigenvalue weighted by Gasteiger charge is -2.35. The SMILES string of the molecule is CN(C)[C@@H]1CCC[C@@H]1C(C)(C)C. The second kappa shape index (κ2) is 3.37. The summed E-state index contributed by atoms with van der Waals surface area (Å²) >= 11 is 0. The predicted molar refractivity (Wildman–Crippen MR) is 54.3 cm³/mol. The molecule has 72 valence electrons. The van der Waals surface area contributed by atoms with E-state index in [1.165, 1.54) is 19.3 Å². The number of nitrogens with zero attached hydrogens (tertiary/aromatic N) is 1. The highest BCUT2D eigenvalue weighted by Crippen LogP contribution is 2.40. The Balaban J connectivity index is 2.64. The molecule has 0 aromatic heterocycles. The van der Waals surface area contributed by atoms with E-state index in [-0.39, 0.29) is 0 Å². The molecule has 12 heavy (non-hydrogen) atoms. The molecule has 1 nitrogen and oxygen atoms in total. The molecule has 1 rings (SSSR count). The molecular formula is C11H23N. The van der Waals surface area contributed by atoms with Crippen molar-refractivity contribution in [3.63, 3.8) is 0 Å². The van der Waals surface area contributed by atoms with Gasteiger partial charge in [-0.25, -0.2) is 0 Å².